The Labute approximate surface area is 153 Å². The Morgan fingerprint density at radius 3 is 2.23 bits per heavy atom. The molecule has 128 valence electrons. The van der Waals surface area contributed by atoms with Gasteiger partial charge in [-0.15, -0.1) is 6.58 Å². The van der Waals surface area contributed by atoms with Gasteiger partial charge in [0.15, 0.2) is 6.54 Å². The number of rotatable bonds is 4. The summed E-state index contributed by atoms with van der Waals surface area (Å²) in [5.41, 5.74) is 17.2. The number of allylic oxidation sites excluding steroid dienone is 1. The number of hydrogen-bond donors (Lipinski definition) is 2. The molecule has 1 aromatic heterocycles. The molecule has 1 heterocycles. The average Bonchev–Trinajstić information content (AvgIpc) is 2.66. The second-order valence-corrected chi connectivity index (χ2v) is 6.53. The van der Waals surface area contributed by atoms with Gasteiger partial charge in [-0.2, -0.15) is 4.57 Å². The number of aryl methyl sites for hydroxylation is 1. The van der Waals surface area contributed by atoms with Crippen molar-refractivity contribution in [3.05, 3.63) is 79.4 Å². The maximum absolute atomic E-state index is 6.14. The van der Waals surface area contributed by atoms with E-state index in [1.807, 2.05) is 24.3 Å². The molecule has 4 rings (SSSR count). The molecular weight excluding hydrogens is 318 g/mol. The van der Waals surface area contributed by atoms with Crippen LogP contribution < -0.4 is 16.0 Å². The lowest BCUT2D eigenvalue weighted by Gasteiger charge is -2.13. The molecule has 3 heteroatoms. The van der Waals surface area contributed by atoms with Crippen LogP contribution in [0.15, 0.2) is 79.4 Å². The lowest BCUT2D eigenvalue weighted by molar-refractivity contribution is -0.658. The minimum absolute atomic E-state index is 0.763. The number of nitrogens with zero attached hydrogens (tertiary/aromatic N) is 1. The highest BCUT2D eigenvalue weighted by Crippen LogP contribution is 2.33. The highest BCUT2D eigenvalue weighted by Gasteiger charge is 2.23. The number of anilines is 2. The number of aromatic nitrogens is 1. The lowest BCUT2D eigenvalue weighted by atomic mass is 9.98. The Balaban J connectivity index is 2.22. The fourth-order valence-electron chi connectivity index (χ4n) is 3.62. The largest absolute Gasteiger partial charge is 0.399 e. The van der Waals surface area contributed by atoms with Gasteiger partial charge in [0.25, 0.3) is 0 Å². The Kier molecular flexibility index (Phi) is 4.05. The monoisotopic (exact) mass is 340 g/mol. The van der Waals surface area contributed by atoms with E-state index < -0.39 is 0 Å². The third kappa shape index (κ3) is 2.68. The minimum atomic E-state index is 0.763. The molecule has 0 bridgehead atoms. The number of nitrogens with two attached hydrogens (primary N) is 2. The zero-order valence-corrected chi connectivity index (χ0v) is 14.7. The molecule has 4 N–H and O–H groups in total. The van der Waals surface area contributed by atoms with E-state index in [0.717, 1.165) is 46.5 Å². The lowest BCUT2D eigenvalue weighted by Crippen LogP contribution is -2.37. The molecule has 0 aliphatic carbocycles. The fourth-order valence-corrected chi connectivity index (χ4v) is 3.62. The van der Waals surface area contributed by atoms with Crippen LogP contribution in [-0.4, -0.2) is 0 Å². The molecule has 0 radical (unpaired) electrons. The van der Waals surface area contributed by atoms with E-state index in [9.17, 15) is 0 Å². The fraction of sp³-hybridized carbons (Fsp3) is 0.0870. The summed E-state index contributed by atoms with van der Waals surface area (Å²) in [4.78, 5) is 0. The Morgan fingerprint density at radius 1 is 0.808 bits per heavy atom. The van der Waals surface area contributed by atoms with Crippen LogP contribution in [0.3, 0.4) is 0 Å². The molecule has 0 spiro atoms. The van der Waals surface area contributed by atoms with E-state index in [1.54, 1.807) is 0 Å². The maximum Gasteiger partial charge on any atom is 0.221 e. The number of nitrogen functional groups attached to an aromatic ring is 2. The van der Waals surface area contributed by atoms with Gasteiger partial charge < -0.3 is 11.5 Å². The summed E-state index contributed by atoms with van der Waals surface area (Å²) in [6.07, 6.45) is 2.83. The quantitative estimate of drug-likeness (QED) is 0.245. The summed E-state index contributed by atoms with van der Waals surface area (Å²) in [5.74, 6) is 0. The van der Waals surface area contributed by atoms with Crippen LogP contribution >= 0.6 is 0 Å². The molecule has 0 aliphatic heterocycles. The summed E-state index contributed by atoms with van der Waals surface area (Å²) in [6, 6.07) is 22.7. The third-order valence-electron chi connectivity index (χ3n) is 4.78. The van der Waals surface area contributed by atoms with E-state index in [4.69, 9.17) is 11.5 Å². The van der Waals surface area contributed by atoms with Gasteiger partial charge >= 0.3 is 0 Å². The van der Waals surface area contributed by atoms with Crippen molar-refractivity contribution in [3.8, 4) is 11.3 Å². The van der Waals surface area contributed by atoms with Gasteiger partial charge in [-0.05, 0) is 36.4 Å². The SMILES string of the molecule is C=CCC[n+]1c(-c2ccccc2)c2cc(N)ccc2c2ccc(N)cc21. The van der Waals surface area contributed by atoms with Gasteiger partial charge in [0.05, 0.1) is 10.8 Å². The number of benzene rings is 3. The molecule has 0 unspecified atom stereocenters. The number of hydrogen-bond acceptors (Lipinski definition) is 2. The first kappa shape index (κ1) is 16.2. The van der Waals surface area contributed by atoms with Crippen LogP contribution in [0.1, 0.15) is 6.42 Å². The van der Waals surface area contributed by atoms with Crippen LogP contribution in [0.5, 0.6) is 0 Å². The first-order chi connectivity index (χ1) is 12.7. The van der Waals surface area contributed by atoms with Gasteiger partial charge in [-0.1, -0.05) is 30.3 Å². The highest BCUT2D eigenvalue weighted by molar-refractivity contribution is 6.10. The second-order valence-electron chi connectivity index (χ2n) is 6.53. The van der Waals surface area contributed by atoms with E-state index >= 15 is 0 Å². The topological polar surface area (TPSA) is 55.9 Å². The van der Waals surface area contributed by atoms with Crippen molar-refractivity contribution < 1.29 is 4.57 Å². The third-order valence-corrected chi connectivity index (χ3v) is 4.78. The predicted molar refractivity (Wildman–Crippen MR) is 111 cm³/mol. The molecule has 3 aromatic carbocycles. The first-order valence-electron chi connectivity index (χ1n) is 8.79. The second kappa shape index (κ2) is 6.52. The molecule has 0 aliphatic rings. The summed E-state index contributed by atoms with van der Waals surface area (Å²) in [7, 11) is 0. The summed E-state index contributed by atoms with van der Waals surface area (Å²) in [6.45, 7) is 4.73. The first-order valence-corrected chi connectivity index (χ1v) is 8.79. The van der Waals surface area contributed by atoms with Crippen molar-refractivity contribution >= 4 is 33.1 Å². The van der Waals surface area contributed by atoms with E-state index in [-0.39, 0.29) is 0 Å². The standard InChI is InChI=1S/C23H21N3/c1-2-3-13-26-22-15-18(25)10-12-20(22)19-11-9-17(24)14-21(19)23(26)16-7-5-4-6-8-16/h2,4-12,14-15,25H,1,3,13,24H2/p+1. The van der Waals surface area contributed by atoms with Gasteiger partial charge in [0.1, 0.15) is 0 Å². The minimum Gasteiger partial charge on any atom is -0.399 e. The van der Waals surface area contributed by atoms with E-state index in [0.29, 0.717) is 0 Å². The molecule has 0 saturated carbocycles. The molecular formula is C23H22N3+. The van der Waals surface area contributed by atoms with Crippen molar-refractivity contribution in [2.45, 2.75) is 13.0 Å². The maximum atomic E-state index is 6.14. The van der Waals surface area contributed by atoms with E-state index in [1.165, 1.54) is 10.8 Å². The zero-order chi connectivity index (χ0) is 18.1. The van der Waals surface area contributed by atoms with Crippen LogP contribution in [0.4, 0.5) is 11.4 Å². The summed E-state index contributed by atoms with van der Waals surface area (Å²) in [5, 5.41) is 3.51. The van der Waals surface area contributed by atoms with E-state index in [2.05, 4.69) is 59.7 Å². The van der Waals surface area contributed by atoms with Crippen LogP contribution in [0.2, 0.25) is 0 Å². The summed E-state index contributed by atoms with van der Waals surface area (Å²) >= 11 is 0. The molecule has 0 saturated heterocycles. The smallest absolute Gasteiger partial charge is 0.221 e. The Bertz CT molecular complexity index is 1110. The van der Waals surface area contributed by atoms with Crippen molar-refractivity contribution in [2.75, 3.05) is 11.5 Å². The molecule has 0 fully saturated rings. The molecule has 0 amide bonds. The Morgan fingerprint density at radius 2 is 1.50 bits per heavy atom. The van der Waals surface area contributed by atoms with Gasteiger partial charge in [-0.3, -0.25) is 0 Å². The van der Waals surface area contributed by atoms with Crippen LogP contribution in [0.25, 0.3) is 32.9 Å². The van der Waals surface area contributed by atoms with Crippen LogP contribution in [-0.2, 0) is 6.54 Å². The predicted octanol–water partition coefficient (Wildman–Crippen LogP) is 4.69. The van der Waals surface area contributed by atoms with Crippen molar-refractivity contribution in [1.82, 2.24) is 0 Å². The molecule has 3 nitrogen and oxygen atoms in total. The summed E-state index contributed by atoms with van der Waals surface area (Å²) < 4.78 is 2.34. The Hall–Kier alpha value is -3.33. The van der Waals surface area contributed by atoms with Gasteiger partial charge in [-0.25, -0.2) is 0 Å². The van der Waals surface area contributed by atoms with Crippen molar-refractivity contribution in [3.63, 3.8) is 0 Å². The van der Waals surface area contributed by atoms with Crippen molar-refractivity contribution in [2.24, 2.45) is 0 Å². The zero-order valence-electron chi connectivity index (χ0n) is 14.7. The number of pyridine rings is 1. The molecule has 0 atom stereocenters. The normalized spacial score (nSPS) is 11.1. The average molecular weight is 340 g/mol. The molecule has 26 heavy (non-hydrogen) atoms. The van der Waals surface area contributed by atoms with Crippen LogP contribution in [0, 0.1) is 0 Å². The molecule has 4 aromatic rings. The van der Waals surface area contributed by atoms with Gasteiger partial charge in [0.2, 0.25) is 11.2 Å². The van der Waals surface area contributed by atoms with Crippen molar-refractivity contribution in [1.29, 1.82) is 0 Å². The highest BCUT2D eigenvalue weighted by atomic mass is 15.0. The van der Waals surface area contributed by atoms with Gasteiger partial charge in [0, 0.05) is 34.8 Å². The number of fused-ring (bicyclic) bond motifs is 3.